The zero-order valence-electron chi connectivity index (χ0n) is 18.2. The normalized spacial score (nSPS) is 17.4. The monoisotopic (exact) mass is 447 g/mol. The van der Waals surface area contributed by atoms with E-state index in [1.165, 1.54) is 17.8 Å². The summed E-state index contributed by atoms with van der Waals surface area (Å²) in [6, 6.07) is 13.3. The van der Waals surface area contributed by atoms with E-state index in [0.717, 1.165) is 31.4 Å². The number of fused-ring (bicyclic) bond motifs is 1. The molecule has 0 fully saturated rings. The van der Waals surface area contributed by atoms with Gasteiger partial charge in [0.05, 0.1) is 20.2 Å². The molecule has 164 valence electrons. The standard InChI is InChI=1S/C24H33NO3S2/c1-4-6-13-24(14-7-5-2)15-16-25(19-11-9-8-10-12-19)20-17-22(29-3)21(26)18-23(20)30(24,27)28/h8-12,17-18,26H,4-7,13-16H2,1-3H3. The van der Waals surface area contributed by atoms with E-state index < -0.39 is 14.6 Å². The molecule has 1 aliphatic heterocycles. The SMILES string of the molecule is CCCCC1(CCCC)CCN(c2ccccc2)c2cc(SC)c(O)cc2S1(=O)=O. The Kier molecular flexibility index (Phi) is 7.40. The fourth-order valence-electron chi connectivity index (χ4n) is 4.45. The largest absolute Gasteiger partial charge is 0.507 e. The van der Waals surface area contributed by atoms with E-state index in [9.17, 15) is 13.5 Å². The van der Waals surface area contributed by atoms with E-state index in [4.69, 9.17) is 0 Å². The molecule has 4 nitrogen and oxygen atoms in total. The summed E-state index contributed by atoms with van der Waals surface area (Å²) in [4.78, 5) is 3.08. The molecule has 0 saturated carbocycles. The molecule has 3 rings (SSSR count). The number of hydrogen-bond donors (Lipinski definition) is 1. The first-order chi connectivity index (χ1) is 14.4. The first-order valence-electron chi connectivity index (χ1n) is 10.9. The summed E-state index contributed by atoms with van der Waals surface area (Å²) >= 11 is 1.43. The molecule has 2 aromatic carbocycles. The molecule has 0 saturated heterocycles. The van der Waals surface area contributed by atoms with Crippen LogP contribution in [0.1, 0.15) is 58.8 Å². The van der Waals surface area contributed by atoms with E-state index in [-0.39, 0.29) is 10.6 Å². The molecule has 1 aliphatic rings. The van der Waals surface area contributed by atoms with Crippen molar-refractivity contribution in [3.8, 4) is 5.75 Å². The number of phenols is 1. The maximum absolute atomic E-state index is 14.1. The molecule has 2 aromatic rings. The second-order valence-electron chi connectivity index (χ2n) is 8.12. The van der Waals surface area contributed by atoms with E-state index in [0.29, 0.717) is 36.4 Å². The van der Waals surface area contributed by atoms with Crippen LogP contribution in [0.2, 0.25) is 0 Å². The Labute approximate surface area is 185 Å². The predicted octanol–water partition coefficient (Wildman–Crippen LogP) is 6.55. The van der Waals surface area contributed by atoms with Crippen molar-refractivity contribution >= 4 is 33.0 Å². The van der Waals surface area contributed by atoms with Gasteiger partial charge in [-0.3, -0.25) is 0 Å². The highest BCUT2D eigenvalue weighted by atomic mass is 32.2. The van der Waals surface area contributed by atoms with Gasteiger partial charge in [0, 0.05) is 18.3 Å². The number of unbranched alkanes of at least 4 members (excludes halogenated alkanes) is 2. The Balaban J connectivity index is 2.25. The van der Waals surface area contributed by atoms with Crippen LogP contribution in [0.4, 0.5) is 11.4 Å². The van der Waals surface area contributed by atoms with Gasteiger partial charge in [-0.15, -0.1) is 11.8 Å². The zero-order chi connectivity index (χ0) is 21.8. The van der Waals surface area contributed by atoms with Gasteiger partial charge in [-0.2, -0.15) is 0 Å². The van der Waals surface area contributed by atoms with Gasteiger partial charge in [0.25, 0.3) is 0 Å². The lowest BCUT2D eigenvalue weighted by molar-refractivity contribution is 0.410. The Morgan fingerprint density at radius 2 is 1.70 bits per heavy atom. The second-order valence-corrected chi connectivity index (χ2v) is 11.3. The highest BCUT2D eigenvalue weighted by Gasteiger charge is 2.47. The molecule has 0 atom stereocenters. The minimum atomic E-state index is -3.62. The molecule has 1 heterocycles. The maximum atomic E-state index is 14.1. The van der Waals surface area contributed by atoms with Gasteiger partial charge in [0.15, 0.2) is 9.84 Å². The smallest absolute Gasteiger partial charge is 0.186 e. The van der Waals surface area contributed by atoms with Crippen LogP contribution in [0.25, 0.3) is 0 Å². The van der Waals surface area contributed by atoms with E-state index in [1.807, 2.05) is 42.7 Å². The quantitative estimate of drug-likeness (QED) is 0.465. The zero-order valence-corrected chi connectivity index (χ0v) is 19.9. The van der Waals surface area contributed by atoms with Crippen LogP contribution in [0.3, 0.4) is 0 Å². The van der Waals surface area contributed by atoms with Gasteiger partial charge < -0.3 is 10.0 Å². The van der Waals surface area contributed by atoms with Crippen molar-refractivity contribution in [2.75, 3.05) is 17.7 Å². The number of aromatic hydroxyl groups is 1. The first kappa shape index (κ1) is 23.0. The molecule has 0 radical (unpaired) electrons. The molecule has 0 aliphatic carbocycles. The number of hydrogen-bond acceptors (Lipinski definition) is 5. The summed E-state index contributed by atoms with van der Waals surface area (Å²) in [5.74, 6) is 0.0413. The molecule has 6 heteroatoms. The second kappa shape index (κ2) is 9.65. The summed E-state index contributed by atoms with van der Waals surface area (Å²) in [6.45, 7) is 4.86. The third kappa shape index (κ3) is 4.22. The lowest BCUT2D eigenvalue weighted by atomic mass is 9.91. The van der Waals surface area contributed by atoms with Crippen LogP contribution in [-0.2, 0) is 9.84 Å². The number of para-hydroxylation sites is 1. The minimum Gasteiger partial charge on any atom is -0.507 e. The van der Waals surface area contributed by atoms with E-state index in [2.05, 4.69) is 18.7 Å². The number of nitrogens with zero attached hydrogens (tertiary/aromatic N) is 1. The van der Waals surface area contributed by atoms with Crippen LogP contribution >= 0.6 is 11.8 Å². The van der Waals surface area contributed by atoms with Crippen molar-refractivity contribution in [1.82, 2.24) is 0 Å². The molecule has 0 unspecified atom stereocenters. The molecule has 0 aromatic heterocycles. The Morgan fingerprint density at radius 3 is 2.27 bits per heavy atom. The van der Waals surface area contributed by atoms with Gasteiger partial charge in [0.2, 0.25) is 0 Å². The summed E-state index contributed by atoms with van der Waals surface area (Å²) < 4.78 is 27.5. The van der Waals surface area contributed by atoms with Crippen molar-refractivity contribution in [2.45, 2.75) is 73.3 Å². The fourth-order valence-corrected chi connectivity index (χ4v) is 7.31. The lowest BCUT2D eigenvalue weighted by Crippen LogP contribution is -2.39. The van der Waals surface area contributed by atoms with Crippen LogP contribution in [0.15, 0.2) is 52.3 Å². The number of thioether (sulfide) groups is 1. The van der Waals surface area contributed by atoms with Gasteiger partial charge in [0.1, 0.15) is 5.75 Å². The Bertz CT molecular complexity index is 950. The average Bonchev–Trinajstić information content (AvgIpc) is 2.84. The average molecular weight is 448 g/mol. The van der Waals surface area contributed by atoms with Crippen molar-refractivity contribution in [3.63, 3.8) is 0 Å². The number of phenolic OH excluding ortho intramolecular Hbond substituents is 1. The van der Waals surface area contributed by atoms with Gasteiger partial charge in [-0.1, -0.05) is 57.7 Å². The van der Waals surface area contributed by atoms with Crippen molar-refractivity contribution in [2.24, 2.45) is 0 Å². The maximum Gasteiger partial charge on any atom is 0.186 e. The molecular weight excluding hydrogens is 414 g/mol. The summed E-state index contributed by atoms with van der Waals surface area (Å²) in [5, 5.41) is 10.6. The van der Waals surface area contributed by atoms with Gasteiger partial charge in [-0.05, 0) is 43.7 Å². The predicted molar refractivity (Wildman–Crippen MR) is 127 cm³/mol. The number of anilines is 2. The highest BCUT2D eigenvalue weighted by molar-refractivity contribution is 7.98. The molecule has 30 heavy (non-hydrogen) atoms. The van der Waals surface area contributed by atoms with Crippen LogP contribution in [0, 0.1) is 0 Å². The van der Waals surface area contributed by atoms with Crippen molar-refractivity contribution < 1.29 is 13.5 Å². The molecule has 0 amide bonds. The van der Waals surface area contributed by atoms with E-state index >= 15 is 0 Å². The fraction of sp³-hybridized carbons (Fsp3) is 0.500. The molecule has 0 bridgehead atoms. The highest BCUT2D eigenvalue weighted by Crippen LogP contribution is 2.48. The molecule has 0 spiro atoms. The molecule has 1 N–H and O–H groups in total. The van der Waals surface area contributed by atoms with Crippen LogP contribution in [0.5, 0.6) is 5.75 Å². The van der Waals surface area contributed by atoms with Crippen molar-refractivity contribution in [3.05, 3.63) is 42.5 Å². The van der Waals surface area contributed by atoms with Gasteiger partial charge in [-0.25, -0.2) is 8.42 Å². The third-order valence-corrected chi connectivity index (χ3v) is 9.67. The summed E-state index contributed by atoms with van der Waals surface area (Å²) in [7, 11) is -3.62. The van der Waals surface area contributed by atoms with Gasteiger partial charge >= 0.3 is 0 Å². The number of sulfone groups is 1. The van der Waals surface area contributed by atoms with Crippen molar-refractivity contribution in [1.29, 1.82) is 0 Å². The first-order valence-corrected chi connectivity index (χ1v) is 13.6. The van der Waals surface area contributed by atoms with Crippen LogP contribution in [-0.4, -0.2) is 31.1 Å². The number of rotatable bonds is 8. The number of benzene rings is 2. The molecular formula is C24H33NO3S2. The Morgan fingerprint density at radius 1 is 1.07 bits per heavy atom. The topological polar surface area (TPSA) is 57.6 Å². The summed E-state index contributed by atoms with van der Waals surface area (Å²) in [5.41, 5.74) is 1.66. The van der Waals surface area contributed by atoms with Crippen LogP contribution < -0.4 is 4.90 Å². The lowest BCUT2D eigenvalue weighted by Gasteiger charge is -2.32. The Hall–Kier alpha value is -1.66. The minimum absolute atomic E-state index is 0.0413. The van der Waals surface area contributed by atoms with E-state index in [1.54, 1.807) is 0 Å². The summed E-state index contributed by atoms with van der Waals surface area (Å²) in [6.07, 6.45) is 7.53. The third-order valence-electron chi connectivity index (χ3n) is 6.24.